The molecule has 0 aromatic carbocycles. The van der Waals surface area contributed by atoms with Crippen LogP contribution >= 0.6 is 0 Å². The molecule has 1 unspecified atom stereocenters. The van der Waals surface area contributed by atoms with Gasteiger partial charge in [-0.2, -0.15) is 0 Å². The molecule has 17 heavy (non-hydrogen) atoms. The third-order valence-corrected chi connectivity index (χ3v) is 2.76. The number of anilines is 1. The predicted octanol–water partition coefficient (Wildman–Crippen LogP) is 0.339. The zero-order valence-corrected chi connectivity index (χ0v) is 9.90. The summed E-state index contributed by atoms with van der Waals surface area (Å²) in [6, 6.07) is 0.0577. The van der Waals surface area contributed by atoms with Crippen molar-refractivity contribution >= 4 is 11.7 Å². The van der Waals surface area contributed by atoms with Crippen molar-refractivity contribution in [2.75, 3.05) is 12.3 Å². The van der Waals surface area contributed by atoms with Crippen LogP contribution in [-0.2, 0) is 4.74 Å². The first-order chi connectivity index (χ1) is 7.98. The lowest BCUT2D eigenvalue weighted by atomic mass is 9.94. The Morgan fingerprint density at radius 3 is 2.88 bits per heavy atom. The highest BCUT2D eigenvalue weighted by Gasteiger charge is 2.30. The van der Waals surface area contributed by atoms with Crippen LogP contribution in [0.2, 0.25) is 0 Å². The van der Waals surface area contributed by atoms with Gasteiger partial charge >= 0.3 is 0 Å². The lowest BCUT2D eigenvalue weighted by molar-refractivity contribution is -0.0615. The maximum absolute atomic E-state index is 11.8. The van der Waals surface area contributed by atoms with E-state index in [1.165, 1.54) is 0 Å². The lowest BCUT2D eigenvalue weighted by Gasteiger charge is -2.35. The average Bonchev–Trinajstić information content (AvgIpc) is 2.62. The van der Waals surface area contributed by atoms with Crippen LogP contribution in [0.3, 0.4) is 0 Å². The second-order valence-electron chi connectivity index (χ2n) is 4.77. The van der Waals surface area contributed by atoms with Crippen molar-refractivity contribution in [2.24, 2.45) is 0 Å². The molecule has 1 atom stereocenters. The maximum Gasteiger partial charge on any atom is 0.277 e. The minimum atomic E-state index is -0.355. The molecule has 3 N–H and O–H groups in total. The molecule has 0 bridgehead atoms. The van der Waals surface area contributed by atoms with Gasteiger partial charge in [-0.3, -0.25) is 4.79 Å². The fourth-order valence-electron chi connectivity index (χ4n) is 1.96. The van der Waals surface area contributed by atoms with E-state index in [9.17, 15) is 4.79 Å². The van der Waals surface area contributed by atoms with Crippen molar-refractivity contribution in [1.82, 2.24) is 15.6 Å². The number of carbonyl (C=O) groups excluding carboxylic acids is 1. The Hall–Kier alpha value is -1.63. The van der Waals surface area contributed by atoms with E-state index in [0.29, 0.717) is 6.61 Å². The zero-order chi connectivity index (χ0) is 12.5. The van der Waals surface area contributed by atoms with Crippen LogP contribution in [0, 0.1) is 0 Å². The van der Waals surface area contributed by atoms with E-state index in [1.54, 1.807) is 0 Å². The van der Waals surface area contributed by atoms with Crippen molar-refractivity contribution in [2.45, 2.75) is 38.3 Å². The summed E-state index contributed by atoms with van der Waals surface area (Å²) < 4.78 is 9.96. The monoisotopic (exact) mass is 240 g/mol. The van der Waals surface area contributed by atoms with Gasteiger partial charge in [0.1, 0.15) is 0 Å². The summed E-state index contributed by atoms with van der Waals surface area (Å²) in [5.41, 5.74) is 5.26. The molecule has 2 rings (SSSR count). The minimum absolute atomic E-state index is 0.00817. The van der Waals surface area contributed by atoms with Gasteiger partial charge in [0.05, 0.1) is 5.60 Å². The molecule has 1 aliphatic heterocycles. The highest BCUT2D eigenvalue weighted by Crippen LogP contribution is 2.24. The van der Waals surface area contributed by atoms with Crippen molar-refractivity contribution < 1.29 is 14.2 Å². The molecule has 7 heteroatoms. The number of ether oxygens (including phenoxy) is 1. The number of nitrogens with one attached hydrogen (secondary N) is 1. The van der Waals surface area contributed by atoms with Gasteiger partial charge in [-0.1, -0.05) is 0 Å². The number of rotatable bonds is 2. The molecule has 2 heterocycles. The Morgan fingerprint density at radius 2 is 2.29 bits per heavy atom. The molecular formula is C10H16N4O3. The Bertz CT molecular complexity index is 415. The first kappa shape index (κ1) is 11.8. The summed E-state index contributed by atoms with van der Waals surface area (Å²) in [6.45, 7) is 4.62. The summed E-state index contributed by atoms with van der Waals surface area (Å²) in [4.78, 5) is 11.8. The summed E-state index contributed by atoms with van der Waals surface area (Å²) in [5, 5.41) is 9.68. The first-order valence-electron chi connectivity index (χ1n) is 5.51. The van der Waals surface area contributed by atoms with Gasteiger partial charge in [-0.25, -0.2) is 4.63 Å². The molecule has 0 radical (unpaired) electrons. The van der Waals surface area contributed by atoms with E-state index in [4.69, 9.17) is 10.5 Å². The second kappa shape index (κ2) is 4.33. The summed E-state index contributed by atoms with van der Waals surface area (Å²) in [5.74, 6) is -0.347. The number of hydrogen-bond acceptors (Lipinski definition) is 6. The molecule has 0 saturated carbocycles. The van der Waals surface area contributed by atoms with Gasteiger partial charge in [0.2, 0.25) is 11.5 Å². The zero-order valence-electron chi connectivity index (χ0n) is 9.90. The van der Waals surface area contributed by atoms with Crippen LogP contribution in [0.4, 0.5) is 5.82 Å². The summed E-state index contributed by atoms with van der Waals surface area (Å²) in [7, 11) is 0. The number of aromatic nitrogens is 2. The standard InChI is InChI=1S/C10H16N4O3/c1-10(2)5-6(3-4-16-10)12-9(15)7-8(11)14-17-13-7/h6H,3-5H2,1-2H3,(H2,11,14)(H,12,15). The van der Waals surface area contributed by atoms with Crippen LogP contribution in [0.1, 0.15) is 37.2 Å². The lowest BCUT2D eigenvalue weighted by Crippen LogP contribution is -2.46. The number of nitrogen functional groups attached to an aromatic ring is 1. The van der Waals surface area contributed by atoms with Crippen LogP contribution in [0.15, 0.2) is 4.63 Å². The predicted molar refractivity (Wildman–Crippen MR) is 59.2 cm³/mol. The van der Waals surface area contributed by atoms with E-state index in [0.717, 1.165) is 12.8 Å². The number of carbonyl (C=O) groups is 1. The first-order valence-corrected chi connectivity index (χ1v) is 5.51. The number of nitrogens with two attached hydrogens (primary N) is 1. The molecule has 1 aromatic heterocycles. The fraction of sp³-hybridized carbons (Fsp3) is 0.700. The van der Waals surface area contributed by atoms with E-state index in [1.807, 2.05) is 13.8 Å². The van der Waals surface area contributed by atoms with Crippen molar-refractivity contribution in [3.05, 3.63) is 5.69 Å². The maximum atomic E-state index is 11.8. The molecule has 7 nitrogen and oxygen atoms in total. The van der Waals surface area contributed by atoms with Crippen molar-refractivity contribution in [3.63, 3.8) is 0 Å². The van der Waals surface area contributed by atoms with Gasteiger partial charge in [0.25, 0.3) is 5.91 Å². The molecule has 1 aromatic rings. The quantitative estimate of drug-likeness (QED) is 0.772. The number of hydrogen-bond donors (Lipinski definition) is 2. The van der Waals surface area contributed by atoms with Crippen LogP contribution in [0.5, 0.6) is 0 Å². The van der Waals surface area contributed by atoms with Gasteiger partial charge in [0, 0.05) is 12.6 Å². The normalized spacial score (nSPS) is 23.3. The SMILES string of the molecule is CC1(C)CC(NC(=O)c2nonc2N)CCO1. The van der Waals surface area contributed by atoms with Crippen LogP contribution in [-0.4, -0.2) is 34.5 Å². The van der Waals surface area contributed by atoms with E-state index < -0.39 is 0 Å². The second-order valence-corrected chi connectivity index (χ2v) is 4.77. The Kier molecular flexibility index (Phi) is 3.01. The fourth-order valence-corrected chi connectivity index (χ4v) is 1.96. The Morgan fingerprint density at radius 1 is 1.53 bits per heavy atom. The molecule has 94 valence electrons. The largest absolute Gasteiger partial charge is 0.379 e. The minimum Gasteiger partial charge on any atom is -0.379 e. The smallest absolute Gasteiger partial charge is 0.277 e. The van der Waals surface area contributed by atoms with E-state index >= 15 is 0 Å². The molecule has 1 saturated heterocycles. The highest BCUT2D eigenvalue weighted by molar-refractivity contribution is 5.96. The average molecular weight is 240 g/mol. The molecule has 1 fully saturated rings. The van der Waals surface area contributed by atoms with Gasteiger partial charge in [-0.15, -0.1) is 0 Å². The molecule has 0 spiro atoms. The van der Waals surface area contributed by atoms with Crippen molar-refractivity contribution in [1.29, 1.82) is 0 Å². The Labute approximate surface area is 98.6 Å². The van der Waals surface area contributed by atoms with E-state index in [2.05, 4.69) is 20.3 Å². The third kappa shape index (κ3) is 2.73. The topological polar surface area (TPSA) is 103 Å². The van der Waals surface area contributed by atoms with Crippen LogP contribution in [0.25, 0.3) is 0 Å². The highest BCUT2D eigenvalue weighted by atomic mass is 16.6. The Balaban J connectivity index is 1.98. The molecule has 0 aliphatic carbocycles. The molecular weight excluding hydrogens is 224 g/mol. The third-order valence-electron chi connectivity index (χ3n) is 2.76. The molecule has 1 amide bonds. The summed E-state index contributed by atoms with van der Waals surface area (Å²) >= 11 is 0. The van der Waals surface area contributed by atoms with E-state index in [-0.39, 0.29) is 29.1 Å². The van der Waals surface area contributed by atoms with Gasteiger partial charge in [0.15, 0.2) is 0 Å². The van der Waals surface area contributed by atoms with Gasteiger partial charge < -0.3 is 15.8 Å². The van der Waals surface area contributed by atoms with Gasteiger partial charge in [-0.05, 0) is 37.0 Å². The summed E-state index contributed by atoms with van der Waals surface area (Å²) in [6.07, 6.45) is 1.53. The van der Waals surface area contributed by atoms with Crippen molar-refractivity contribution in [3.8, 4) is 0 Å². The number of nitrogens with zero attached hydrogens (tertiary/aromatic N) is 2. The number of amides is 1. The van der Waals surface area contributed by atoms with Crippen LogP contribution < -0.4 is 11.1 Å². The molecule has 1 aliphatic rings.